The lowest BCUT2D eigenvalue weighted by atomic mass is 10.0. The summed E-state index contributed by atoms with van der Waals surface area (Å²) in [5.41, 5.74) is 1.83. The summed E-state index contributed by atoms with van der Waals surface area (Å²) in [5, 5.41) is 3.32. The van der Waals surface area contributed by atoms with E-state index >= 15 is 0 Å². The van der Waals surface area contributed by atoms with Gasteiger partial charge >= 0.3 is 0 Å². The van der Waals surface area contributed by atoms with E-state index in [0.29, 0.717) is 35.8 Å². The molecule has 0 spiro atoms. The van der Waals surface area contributed by atoms with Gasteiger partial charge in [-0.3, -0.25) is 9.59 Å². The standard InChI is InChI=1S/C17H19N3O2/c1-12-11-20(9-8-19-12)17(22)14-4-2-13(3-5-14)16(21)15-6-7-18-10-15/h2-7,10,12,18-19H,8-9,11H2,1H3/t12-/m1/s1. The number of carbonyl (C=O) groups is 2. The summed E-state index contributed by atoms with van der Waals surface area (Å²) < 4.78 is 0. The number of nitrogens with zero attached hydrogens (tertiary/aromatic N) is 1. The average Bonchev–Trinajstić information content (AvgIpc) is 3.08. The predicted octanol–water partition coefficient (Wildman–Crippen LogP) is 1.68. The molecular formula is C17H19N3O2. The Kier molecular flexibility index (Phi) is 4.06. The SMILES string of the molecule is C[C@@H]1CN(C(=O)c2ccc(C(=O)c3cc[nH]c3)cc2)CCN1. The van der Waals surface area contributed by atoms with Crippen LogP contribution in [0.2, 0.25) is 0 Å². The van der Waals surface area contributed by atoms with Gasteiger partial charge < -0.3 is 15.2 Å². The van der Waals surface area contributed by atoms with Gasteiger partial charge in [-0.15, -0.1) is 0 Å². The molecule has 1 amide bonds. The van der Waals surface area contributed by atoms with E-state index in [4.69, 9.17) is 0 Å². The van der Waals surface area contributed by atoms with E-state index < -0.39 is 0 Å². The minimum atomic E-state index is -0.0453. The third kappa shape index (κ3) is 2.94. The van der Waals surface area contributed by atoms with Crippen LogP contribution >= 0.6 is 0 Å². The number of rotatable bonds is 3. The van der Waals surface area contributed by atoms with Crippen molar-refractivity contribution in [2.45, 2.75) is 13.0 Å². The normalized spacial score (nSPS) is 18.2. The number of ketones is 1. The molecule has 114 valence electrons. The van der Waals surface area contributed by atoms with Crippen LogP contribution in [0.1, 0.15) is 33.2 Å². The van der Waals surface area contributed by atoms with Crippen molar-refractivity contribution in [3.63, 3.8) is 0 Å². The Morgan fingerprint density at radius 2 is 1.82 bits per heavy atom. The zero-order valence-corrected chi connectivity index (χ0v) is 12.5. The molecular weight excluding hydrogens is 278 g/mol. The summed E-state index contributed by atoms with van der Waals surface area (Å²) in [5.74, 6) is -0.0231. The topological polar surface area (TPSA) is 65.2 Å². The zero-order valence-electron chi connectivity index (χ0n) is 12.5. The first kappa shape index (κ1) is 14.5. The van der Waals surface area contributed by atoms with Crippen molar-refractivity contribution in [2.75, 3.05) is 19.6 Å². The lowest BCUT2D eigenvalue weighted by Gasteiger charge is -2.32. The zero-order chi connectivity index (χ0) is 15.5. The minimum Gasteiger partial charge on any atom is -0.367 e. The van der Waals surface area contributed by atoms with Crippen LogP contribution in [0.3, 0.4) is 0 Å². The van der Waals surface area contributed by atoms with E-state index in [1.54, 1.807) is 42.7 Å². The largest absolute Gasteiger partial charge is 0.367 e. The van der Waals surface area contributed by atoms with Crippen LogP contribution in [-0.4, -0.2) is 47.3 Å². The second kappa shape index (κ2) is 6.15. The molecule has 1 aromatic carbocycles. The van der Waals surface area contributed by atoms with Gasteiger partial charge in [-0.2, -0.15) is 0 Å². The maximum Gasteiger partial charge on any atom is 0.253 e. The Hall–Kier alpha value is -2.40. The van der Waals surface area contributed by atoms with Crippen molar-refractivity contribution in [3.8, 4) is 0 Å². The summed E-state index contributed by atoms with van der Waals surface area (Å²) in [6.45, 7) is 4.31. The molecule has 2 heterocycles. The Bertz CT molecular complexity index is 662. The predicted molar refractivity (Wildman–Crippen MR) is 84.0 cm³/mol. The smallest absolute Gasteiger partial charge is 0.253 e. The number of H-pyrrole nitrogens is 1. The third-order valence-electron chi connectivity index (χ3n) is 3.91. The molecule has 0 radical (unpaired) electrons. The summed E-state index contributed by atoms with van der Waals surface area (Å²) >= 11 is 0. The molecule has 1 aromatic heterocycles. The lowest BCUT2D eigenvalue weighted by molar-refractivity contribution is 0.0709. The second-order valence-corrected chi connectivity index (χ2v) is 5.61. The maximum absolute atomic E-state index is 12.5. The quantitative estimate of drug-likeness (QED) is 0.847. The van der Waals surface area contributed by atoms with Gasteiger partial charge in [0.15, 0.2) is 5.78 Å². The fourth-order valence-electron chi connectivity index (χ4n) is 2.70. The van der Waals surface area contributed by atoms with E-state index in [2.05, 4.69) is 17.2 Å². The number of piperazine rings is 1. The minimum absolute atomic E-state index is 0.0222. The van der Waals surface area contributed by atoms with Crippen LogP contribution in [0.5, 0.6) is 0 Å². The molecule has 0 bridgehead atoms. The number of hydrogen-bond acceptors (Lipinski definition) is 3. The van der Waals surface area contributed by atoms with Gasteiger partial charge in [-0.25, -0.2) is 0 Å². The van der Waals surface area contributed by atoms with E-state index in [1.807, 2.05) is 4.90 Å². The monoisotopic (exact) mass is 297 g/mol. The van der Waals surface area contributed by atoms with Gasteiger partial charge in [0.1, 0.15) is 0 Å². The van der Waals surface area contributed by atoms with E-state index in [9.17, 15) is 9.59 Å². The van der Waals surface area contributed by atoms with E-state index in [0.717, 1.165) is 6.54 Å². The van der Waals surface area contributed by atoms with Crippen molar-refractivity contribution < 1.29 is 9.59 Å². The highest BCUT2D eigenvalue weighted by atomic mass is 16.2. The van der Waals surface area contributed by atoms with E-state index in [-0.39, 0.29) is 11.7 Å². The number of nitrogens with one attached hydrogen (secondary N) is 2. The van der Waals surface area contributed by atoms with Gasteiger partial charge in [-0.05, 0) is 25.1 Å². The first-order valence-electron chi connectivity index (χ1n) is 7.45. The van der Waals surface area contributed by atoms with Crippen LogP contribution in [0.15, 0.2) is 42.7 Å². The number of aromatic nitrogens is 1. The fraction of sp³-hybridized carbons (Fsp3) is 0.294. The second-order valence-electron chi connectivity index (χ2n) is 5.61. The molecule has 0 aliphatic carbocycles. The lowest BCUT2D eigenvalue weighted by Crippen LogP contribution is -2.51. The summed E-state index contributed by atoms with van der Waals surface area (Å²) in [6, 6.07) is 8.95. The molecule has 5 heteroatoms. The number of benzene rings is 1. The molecule has 22 heavy (non-hydrogen) atoms. The van der Waals surface area contributed by atoms with Crippen LogP contribution < -0.4 is 5.32 Å². The Morgan fingerprint density at radius 1 is 1.09 bits per heavy atom. The highest BCUT2D eigenvalue weighted by Crippen LogP contribution is 2.13. The van der Waals surface area contributed by atoms with Gasteiger partial charge in [0.25, 0.3) is 5.91 Å². The van der Waals surface area contributed by atoms with Crippen LogP contribution in [0, 0.1) is 0 Å². The third-order valence-corrected chi connectivity index (χ3v) is 3.91. The molecule has 2 N–H and O–H groups in total. The molecule has 2 aromatic rings. The molecule has 1 aliphatic rings. The van der Waals surface area contributed by atoms with Crippen molar-refractivity contribution in [2.24, 2.45) is 0 Å². The van der Waals surface area contributed by atoms with Crippen molar-refractivity contribution >= 4 is 11.7 Å². The van der Waals surface area contributed by atoms with Crippen molar-refractivity contribution in [3.05, 3.63) is 59.4 Å². The number of hydrogen-bond donors (Lipinski definition) is 2. The summed E-state index contributed by atoms with van der Waals surface area (Å²) in [6.07, 6.45) is 3.39. The van der Waals surface area contributed by atoms with Gasteiger partial charge in [-0.1, -0.05) is 12.1 Å². The molecule has 1 aliphatic heterocycles. The number of aromatic amines is 1. The molecule has 1 fully saturated rings. The van der Waals surface area contributed by atoms with E-state index in [1.165, 1.54) is 0 Å². The first-order valence-corrected chi connectivity index (χ1v) is 7.45. The molecule has 3 rings (SSSR count). The van der Waals surface area contributed by atoms with Crippen LogP contribution in [0.25, 0.3) is 0 Å². The summed E-state index contributed by atoms with van der Waals surface area (Å²) in [4.78, 5) is 29.4. The number of carbonyl (C=O) groups excluding carboxylic acids is 2. The maximum atomic E-state index is 12.5. The van der Waals surface area contributed by atoms with Gasteiger partial charge in [0, 0.05) is 54.8 Å². The van der Waals surface area contributed by atoms with Crippen molar-refractivity contribution in [1.29, 1.82) is 0 Å². The first-order chi connectivity index (χ1) is 10.6. The Labute approximate surface area is 129 Å². The number of amides is 1. The highest BCUT2D eigenvalue weighted by Gasteiger charge is 2.21. The molecule has 5 nitrogen and oxygen atoms in total. The molecule has 1 saturated heterocycles. The van der Waals surface area contributed by atoms with Crippen LogP contribution in [-0.2, 0) is 0 Å². The summed E-state index contributed by atoms with van der Waals surface area (Å²) in [7, 11) is 0. The highest BCUT2D eigenvalue weighted by molar-refractivity contribution is 6.09. The van der Waals surface area contributed by atoms with Gasteiger partial charge in [0.2, 0.25) is 0 Å². The fourth-order valence-corrected chi connectivity index (χ4v) is 2.70. The average molecular weight is 297 g/mol. The molecule has 0 saturated carbocycles. The van der Waals surface area contributed by atoms with Crippen molar-refractivity contribution in [1.82, 2.24) is 15.2 Å². The van der Waals surface area contributed by atoms with Crippen LogP contribution in [0.4, 0.5) is 0 Å². The molecule has 1 atom stereocenters. The Balaban J connectivity index is 1.74. The Morgan fingerprint density at radius 3 is 2.45 bits per heavy atom. The van der Waals surface area contributed by atoms with Gasteiger partial charge in [0.05, 0.1) is 0 Å². The molecule has 0 unspecified atom stereocenters.